The average molecular weight is 495 g/mol. The molecule has 0 spiro atoms. The minimum absolute atomic E-state index is 0.0593. The van der Waals surface area contributed by atoms with Gasteiger partial charge in [-0.25, -0.2) is 15.0 Å². The Labute approximate surface area is 209 Å². The number of nitrogens with one attached hydrogen (secondary N) is 1. The molecule has 5 rings (SSSR count). The molecule has 0 unspecified atom stereocenters. The normalized spacial score (nSPS) is 15.4. The van der Waals surface area contributed by atoms with Gasteiger partial charge < -0.3 is 29.2 Å². The molecule has 1 N–H and O–H groups in total. The van der Waals surface area contributed by atoms with Crippen LogP contribution in [-0.2, 0) is 4.79 Å². The van der Waals surface area contributed by atoms with Crippen LogP contribution < -0.4 is 24.3 Å². The summed E-state index contributed by atoms with van der Waals surface area (Å²) in [5, 5.41) is 4.07. The molecule has 3 aromatic rings. The maximum absolute atomic E-state index is 11.5. The molecule has 11 nitrogen and oxygen atoms in total. The van der Waals surface area contributed by atoms with Gasteiger partial charge in [0.25, 0.3) is 5.88 Å². The van der Waals surface area contributed by atoms with Crippen LogP contribution in [-0.4, -0.2) is 82.9 Å². The Morgan fingerprint density at radius 3 is 2.75 bits per heavy atom. The number of pyridine rings is 1. The molecule has 0 saturated carbocycles. The highest BCUT2D eigenvalue weighted by Gasteiger charge is 2.22. The zero-order valence-corrected chi connectivity index (χ0v) is 20.7. The van der Waals surface area contributed by atoms with Gasteiger partial charge in [-0.05, 0) is 19.9 Å². The van der Waals surface area contributed by atoms with Crippen molar-refractivity contribution in [1.82, 2.24) is 24.8 Å². The molecule has 2 aliphatic heterocycles. The van der Waals surface area contributed by atoms with Crippen LogP contribution in [0.25, 0.3) is 10.9 Å². The average Bonchev–Trinajstić information content (AvgIpc) is 3.34. The van der Waals surface area contributed by atoms with E-state index < -0.39 is 0 Å². The molecular weight excluding hydrogens is 464 g/mol. The lowest BCUT2D eigenvalue weighted by Gasteiger charge is -2.34. The second-order valence-corrected chi connectivity index (χ2v) is 8.92. The van der Waals surface area contributed by atoms with Crippen LogP contribution in [0.4, 0.5) is 11.5 Å². The lowest BCUT2D eigenvalue weighted by Crippen LogP contribution is -2.48. The maximum Gasteiger partial charge on any atom is 0.262 e. The number of aromatic nitrogens is 3. The molecule has 36 heavy (non-hydrogen) atoms. The van der Waals surface area contributed by atoms with Crippen molar-refractivity contribution in [1.29, 1.82) is 0 Å². The number of ether oxygens (including phenoxy) is 4. The van der Waals surface area contributed by atoms with E-state index in [1.54, 1.807) is 19.2 Å². The fourth-order valence-corrected chi connectivity index (χ4v) is 4.27. The van der Waals surface area contributed by atoms with Gasteiger partial charge >= 0.3 is 0 Å². The van der Waals surface area contributed by atoms with Crippen molar-refractivity contribution in [3.63, 3.8) is 0 Å². The van der Waals surface area contributed by atoms with Crippen molar-refractivity contribution in [3.8, 4) is 23.1 Å². The van der Waals surface area contributed by atoms with Crippen molar-refractivity contribution in [2.75, 3.05) is 51.4 Å². The van der Waals surface area contributed by atoms with E-state index in [2.05, 4.69) is 25.2 Å². The first-order valence-corrected chi connectivity index (χ1v) is 12.1. The molecule has 1 saturated heterocycles. The van der Waals surface area contributed by atoms with Crippen molar-refractivity contribution >= 4 is 28.3 Å². The van der Waals surface area contributed by atoms with Crippen LogP contribution in [0.3, 0.4) is 0 Å². The number of benzene rings is 1. The third-order valence-corrected chi connectivity index (χ3v) is 6.06. The Morgan fingerprint density at radius 1 is 1.14 bits per heavy atom. The van der Waals surface area contributed by atoms with Crippen LogP contribution >= 0.6 is 0 Å². The number of piperazine rings is 1. The summed E-state index contributed by atoms with van der Waals surface area (Å²) in [6, 6.07) is 5.57. The van der Waals surface area contributed by atoms with Crippen molar-refractivity contribution in [2.24, 2.45) is 0 Å². The van der Waals surface area contributed by atoms with Crippen molar-refractivity contribution < 1.29 is 23.7 Å². The lowest BCUT2D eigenvalue weighted by atomic mass is 10.2. The van der Waals surface area contributed by atoms with Gasteiger partial charge in [0.2, 0.25) is 18.4 Å². The number of rotatable bonds is 8. The summed E-state index contributed by atoms with van der Waals surface area (Å²) in [5.41, 5.74) is 1.39. The van der Waals surface area contributed by atoms with Crippen LogP contribution in [0.15, 0.2) is 30.7 Å². The zero-order chi connectivity index (χ0) is 25.1. The molecule has 0 bridgehead atoms. The van der Waals surface area contributed by atoms with Crippen LogP contribution in [0.2, 0.25) is 0 Å². The molecule has 190 valence electrons. The summed E-state index contributed by atoms with van der Waals surface area (Å²) in [7, 11) is 0. The van der Waals surface area contributed by atoms with Crippen molar-refractivity contribution in [2.45, 2.75) is 26.9 Å². The standard InChI is InChI=1S/C25H30N6O5/c1-16(2)36-21-13-18(33-11-10-30-6-8-31(9-7-30)17(3)32)12-20-22(21)24(28-14-27-20)29-19-4-5-26-25-23(19)34-15-35-25/h4-5,12-14,16H,6-11,15H2,1-3H3,(H,26,27,28,29). The molecular formula is C25H30N6O5. The van der Waals surface area contributed by atoms with Crippen LogP contribution in [0.1, 0.15) is 20.8 Å². The molecule has 0 radical (unpaired) electrons. The first kappa shape index (κ1) is 23.9. The summed E-state index contributed by atoms with van der Waals surface area (Å²) in [5.74, 6) is 2.99. The largest absolute Gasteiger partial charge is 0.492 e. The Balaban J connectivity index is 1.34. The number of hydrogen-bond donors (Lipinski definition) is 1. The highest BCUT2D eigenvalue weighted by atomic mass is 16.7. The minimum atomic E-state index is -0.0593. The SMILES string of the molecule is CC(=O)N1CCN(CCOc2cc(OC(C)C)c3c(Nc4ccnc5c4OCO5)ncnc3c2)CC1. The van der Waals surface area contributed by atoms with E-state index in [1.165, 1.54) is 6.33 Å². The van der Waals surface area contributed by atoms with Gasteiger partial charge in [-0.1, -0.05) is 0 Å². The van der Waals surface area contributed by atoms with Crippen LogP contribution in [0.5, 0.6) is 23.1 Å². The number of anilines is 2. The highest BCUT2D eigenvalue weighted by molar-refractivity contribution is 5.97. The summed E-state index contributed by atoms with van der Waals surface area (Å²) >= 11 is 0. The summed E-state index contributed by atoms with van der Waals surface area (Å²) < 4.78 is 23.2. The van der Waals surface area contributed by atoms with Gasteiger partial charge in [0.1, 0.15) is 30.3 Å². The fraction of sp³-hybridized carbons (Fsp3) is 0.440. The first-order valence-electron chi connectivity index (χ1n) is 12.1. The van der Waals surface area contributed by atoms with Gasteiger partial charge in [0.15, 0.2) is 0 Å². The second kappa shape index (κ2) is 10.4. The second-order valence-electron chi connectivity index (χ2n) is 8.92. The number of fused-ring (bicyclic) bond motifs is 2. The lowest BCUT2D eigenvalue weighted by molar-refractivity contribution is -0.130. The van der Waals surface area contributed by atoms with E-state index in [4.69, 9.17) is 18.9 Å². The highest BCUT2D eigenvalue weighted by Crippen LogP contribution is 2.41. The third kappa shape index (κ3) is 5.20. The Morgan fingerprint density at radius 2 is 1.97 bits per heavy atom. The summed E-state index contributed by atoms with van der Waals surface area (Å²) in [6.45, 7) is 10.2. The number of nitrogens with zero attached hydrogens (tertiary/aromatic N) is 5. The van der Waals surface area contributed by atoms with E-state index in [0.717, 1.165) is 38.1 Å². The summed E-state index contributed by atoms with van der Waals surface area (Å²) in [4.78, 5) is 28.9. The molecule has 0 aliphatic carbocycles. The number of carbonyl (C=O) groups is 1. The Kier molecular flexibility index (Phi) is 6.90. The molecule has 0 atom stereocenters. The predicted molar refractivity (Wildman–Crippen MR) is 133 cm³/mol. The predicted octanol–water partition coefficient (Wildman–Crippen LogP) is 2.83. The van der Waals surface area contributed by atoms with Gasteiger partial charge in [-0.3, -0.25) is 9.69 Å². The summed E-state index contributed by atoms with van der Waals surface area (Å²) in [6.07, 6.45) is 3.09. The number of carbonyl (C=O) groups excluding carboxylic acids is 1. The topological polar surface area (TPSA) is 111 Å². The first-order chi connectivity index (χ1) is 17.5. The van der Waals surface area contributed by atoms with E-state index in [-0.39, 0.29) is 18.8 Å². The molecule has 1 amide bonds. The van der Waals surface area contributed by atoms with E-state index >= 15 is 0 Å². The van der Waals surface area contributed by atoms with Crippen LogP contribution in [0, 0.1) is 0 Å². The Hall–Kier alpha value is -3.86. The van der Waals surface area contributed by atoms with Gasteiger partial charge in [-0.2, -0.15) is 0 Å². The van der Waals surface area contributed by atoms with E-state index in [9.17, 15) is 4.79 Å². The van der Waals surface area contributed by atoms with Gasteiger partial charge in [0, 0.05) is 58.0 Å². The maximum atomic E-state index is 11.5. The molecule has 11 heteroatoms. The zero-order valence-electron chi connectivity index (χ0n) is 20.7. The minimum Gasteiger partial charge on any atom is -0.492 e. The number of hydrogen-bond acceptors (Lipinski definition) is 10. The van der Waals surface area contributed by atoms with Crippen molar-refractivity contribution in [3.05, 3.63) is 30.7 Å². The fourth-order valence-electron chi connectivity index (χ4n) is 4.27. The molecule has 1 aromatic carbocycles. The van der Waals surface area contributed by atoms with Gasteiger partial charge in [0.05, 0.1) is 22.7 Å². The van der Waals surface area contributed by atoms with E-state index in [1.807, 2.05) is 30.9 Å². The van der Waals surface area contributed by atoms with E-state index in [0.29, 0.717) is 46.8 Å². The quantitative estimate of drug-likeness (QED) is 0.502. The molecule has 4 heterocycles. The van der Waals surface area contributed by atoms with Gasteiger partial charge in [-0.15, -0.1) is 0 Å². The smallest absolute Gasteiger partial charge is 0.262 e. The molecule has 1 fully saturated rings. The molecule has 2 aromatic heterocycles. The number of amides is 1. The molecule has 2 aliphatic rings. The monoisotopic (exact) mass is 494 g/mol. The third-order valence-electron chi connectivity index (χ3n) is 6.06. The Bertz CT molecular complexity index is 1250.